The average Bonchev–Trinajstić information content (AvgIpc) is 2.66. The Kier molecular flexibility index (Phi) is 4.79. The second kappa shape index (κ2) is 7.18. The molecule has 0 radical (unpaired) electrons. The molecule has 26 heavy (non-hydrogen) atoms. The van der Waals surface area contributed by atoms with Gasteiger partial charge in [-0.1, -0.05) is 12.1 Å². The van der Waals surface area contributed by atoms with E-state index in [1.165, 1.54) is 20.5 Å². The van der Waals surface area contributed by atoms with Crippen molar-refractivity contribution in [3.8, 4) is 28.4 Å². The van der Waals surface area contributed by atoms with E-state index in [9.17, 15) is 9.59 Å². The van der Waals surface area contributed by atoms with Crippen LogP contribution in [0.5, 0.6) is 17.2 Å². The largest absolute Gasteiger partial charge is 0.493 e. The molecule has 0 atom stereocenters. The maximum absolute atomic E-state index is 12.8. The first kappa shape index (κ1) is 17.3. The van der Waals surface area contributed by atoms with Crippen LogP contribution in [-0.4, -0.2) is 31.9 Å². The van der Waals surface area contributed by atoms with E-state index >= 15 is 0 Å². The smallest absolute Gasteiger partial charge is 0.341 e. The zero-order valence-electron chi connectivity index (χ0n) is 14.1. The minimum atomic E-state index is -1.06. The lowest BCUT2D eigenvalue weighted by molar-refractivity contribution is -0.139. The van der Waals surface area contributed by atoms with Gasteiger partial charge in [0, 0.05) is 0 Å². The SMILES string of the molecule is COc1ccc2c(=O)c(-c3ccc(OCC(=O)O)cc3)coc2c1OC. The quantitative estimate of drug-likeness (QED) is 0.725. The standard InChI is InChI=1S/C19H16O7/c1-23-15-8-7-13-17(22)14(9-26-18(13)19(15)24-2)11-3-5-12(6-4-11)25-10-16(20)21/h3-9H,10H2,1-2H3,(H,20,21). The summed E-state index contributed by atoms with van der Waals surface area (Å²) in [5.74, 6) is 0.156. The topological polar surface area (TPSA) is 95.2 Å². The van der Waals surface area contributed by atoms with Crippen molar-refractivity contribution in [1.29, 1.82) is 0 Å². The zero-order valence-corrected chi connectivity index (χ0v) is 14.1. The van der Waals surface area contributed by atoms with Gasteiger partial charge in [0.05, 0.1) is 25.2 Å². The van der Waals surface area contributed by atoms with Crippen molar-refractivity contribution >= 4 is 16.9 Å². The number of hydrogen-bond donors (Lipinski definition) is 1. The summed E-state index contributed by atoms with van der Waals surface area (Å²) in [7, 11) is 2.98. The Labute approximate surface area is 148 Å². The molecular formula is C19H16O7. The first-order chi connectivity index (χ1) is 12.5. The first-order valence-corrected chi connectivity index (χ1v) is 7.66. The highest BCUT2D eigenvalue weighted by Gasteiger charge is 2.16. The van der Waals surface area contributed by atoms with Gasteiger partial charge in [0.25, 0.3) is 0 Å². The molecule has 1 N–H and O–H groups in total. The van der Waals surface area contributed by atoms with Crippen LogP contribution in [0.15, 0.2) is 51.9 Å². The highest BCUT2D eigenvalue weighted by Crippen LogP contribution is 2.35. The molecule has 3 rings (SSSR count). The molecule has 0 saturated carbocycles. The number of aliphatic carboxylic acids is 1. The Morgan fingerprint density at radius 1 is 1.08 bits per heavy atom. The van der Waals surface area contributed by atoms with Crippen LogP contribution < -0.4 is 19.6 Å². The molecule has 0 aliphatic rings. The molecule has 0 aliphatic carbocycles. The number of ether oxygens (including phenoxy) is 3. The fraction of sp³-hybridized carbons (Fsp3) is 0.158. The van der Waals surface area contributed by atoms with E-state index in [-0.39, 0.29) is 5.43 Å². The number of methoxy groups -OCH3 is 2. The van der Waals surface area contributed by atoms with Gasteiger partial charge >= 0.3 is 5.97 Å². The lowest BCUT2D eigenvalue weighted by Crippen LogP contribution is -2.09. The number of carboxylic acids is 1. The number of fused-ring (bicyclic) bond motifs is 1. The molecule has 3 aromatic rings. The summed E-state index contributed by atoms with van der Waals surface area (Å²) in [5, 5.41) is 8.99. The summed E-state index contributed by atoms with van der Waals surface area (Å²) in [6, 6.07) is 9.78. The Hall–Kier alpha value is -3.48. The summed E-state index contributed by atoms with van der Waals surface area (Å²) in [5.41, 5.74) is 1.08. The van der Waals surface area contributed by atoms with Gasteiger partial charge in [0.2, 0.25) is 11.2 Å². The Bertz CT molecular complexity index is 1000. The van der Waals surface area contributed by atoms with E-state index in [1.807, 2.05) is 0 Å². The summed E-state index contributed by atoms with van der Waals surface area (Å²) < 4.78 is 21.2. The van der Waals surface area contributed by atoms with Gasteiger partial charge in [-0.15, -0.1) is 0 Å². The first-order valence-electron chi connectivity index (χ1n) is 7.66. The number of carbonyl (C=O) groups is 1. The molecule has 7 heteroatoms. The minimum Gasteiger partial charge on any atom is -0.493 e. The summed E-state index contributed by atoms with van der Waals surface area (Å²) >= 11 is 0. The van der Waals surface area contributed by atoms with Gasteiger partial charge in [-0.05, 0) is 29.8 Å². The molecule has 0 fully saturated rings. The molecular weight excluding hydrogens is 340 g/mol. The highest BCUT2D eigenvalue weighted by molar-refractivity contribution is 5.88. The van der Waals surface area contributed by atoms with Crippen LogP contribution in [0.1, 0.15) is 0 Å². The van der Waals surface area contributed by atoms with Crippen LogP contribution in [0, 0.1) is 0 Å². The summed E-state index contributed by atoms with van der Waals surface area (Å²) in [6.45, 7) is -0.431. The molecule has 1 aromatic heterocycles. The van der Waals surface area contributed by atoms with Crippen LogP contribution in [-0.2, 0) is 4.79 Å². The van der Waals surface area contributed by atoms with E-state index in [2.05, 4.69) is 0 Å². The van der Waals surface area contributed by atoms with Crippen molar-refractivity contribution in [2.75, 3.05) is 20.8 Å². The van der Waals surface area contributed by atoms with Crippen molar-refractivity contribution in [2.24, 2.45) is 0 Å². The maximum atomic E-state index is 12.8. The number of hydrogen-bond acceptors (Lipinski definition) is 6. The Morgan fingerprint density at radius 3 is 2.42 bits per heavy atom. The lowest BCUT2D eigenvalue weighted by atomic mass is 10.1. The molecule has 2 aromatic carbocycles. The van der Waals surface area contributed by atoms with Crippen molar-refractivity contribution < 1.29 is 28.5 Å². The van der Waals surface area contributed by atoms with Gasteiger partial charge in [-0.3, -0.25) is 4.79 Å². The predicted octanol–water partition coefficient (Wildman–Crippen LogP) is 2.94. The fourth-order valence-corrected chi connectivity index (χ4v) is 2.59. The fourth-order valence-electron chi connectivity index (χ4n) is 2.59. The van der Waals surface area contributed by atoms with Crippen molar-refractivity contribution in [1.82, 2.24) is 0 Å². The molecule has 7 nitrogen and oxygen atoms in total. The molecule has 1 heterocycles. The van der Waals surface area contributed by atoms with Crippen molar-refractivity contribution in [3.63, 3.8) is 0 Å². The third kappa shape index (κ3) is 3.19. The normalized spacial score (nSPS) is 10.5. The third-order valence-electron chi connectivity index (χ3n) is 3.81. The van der Waals surface area contributed by atoms with Gasteiger partial charge in [-0.25, -0.2) is 4.79 Å². The molecule has 0 unspecified atom stereocenters. The van der Waals surface area contributed by atoms with Gasteiger partial charge in [0.15, 0.2) is 17.9 Å². The average molecular weight is 356 g/mol. The van der Waals surface area contributed by atoms with Crippen LogP contribution in [0.3, 0.4) is 0 Å². The van der Waals surface area contributed by atoms with Crippen LogP contribution in [0.2, 0.25) is 0 Å². The maximum Gasteiger partial charge on any atom is 0.341 e. The van der Waals surface area contributed by atoms with Crippen LogP contribution in [0.25, 0.3) is 22.1 Å². The molecule has 0 spiro atoms. The van der Waals surface area contributed by atoms with Crippen LogP contribution in [0.4, 0.5) is 0 Å². The second-order valence-electron chi connectivity index (χ2n) is 5.36. The minimum absolute atomic E-state index is 0.216. The number of rotatable bonds is 6. The molecule has 134 valence electrons. The van der Waals surface area contributed by atoms with Gasteiger partial charge in [0.1, 0.15) is 12.0 Å². The highest BCUT2D eigenvalue weighted by atomic mass is 16.5. The molecule has 0 saturated heterocycles. The van der Waals surface area contributed by atoms with E-state index in [1.54, 1.807) is 36.4 Å². The van der Waals surface area contributed by atoms with Gasteiger partial charge < -0.3 is 23.7 Å². The zero-order chi connectivity index (χ0) is 18.7. The van der Waals surface area contributed by atoms with Crippen LogP contribution >= 0.6 is 0 Å². The summed E-state index contributed by atoms with van der Waals surface area (Å²) in [4.78, 5) is 23.4. The Balaban J connectivity index is 2.02. The van der Waals surface area contributed by atoms with Crippen molar-refractivity contribution in [3.05, 3.63) is 52.9 Å². The van der Waals surface area contributed by atoms with E-state index in [0.29, 0.717) is 39.3 Å². The molecule has 0 amide bonds. The predicted molar refractivity (Wildman–Crippen MR) is 94.2 cm³/mol. The second-order valence-corrected chi connectivity index (χ2v) is 5.36. The van der Waals surface area contributed by atoms with E-state index in [4.69, 9.17) is 23.7 Å². The molecule has 0 aliphatic heterocycles. The van der Waals surface area contributed by atoms with E-state index in [0.717, 1.165) is 0 Å². The lowest BCUT2D eigenvalue weighted by Gasteiger charge is -2.10. The number of benzene rings is 2. The van der Waals surface area contributed by atoms with Gasteiger partial charge in [-0.2, -0.15) is 0 Å². The third-order valence-corrected chi connectivity index (χ3v) is 3.81. The Morgan fingerprint density at radius 2 is 1.81 bits per heavy atom. The van der Waals surface area contributed by atoms with E-state index < -0.39 is 12.6 Å². The number of carboxylic acid groups (broad SMARTS) is 1. The summed E-state index contributed by atoms with van der Waals surface area (Å²) in [6.07, 6.45) is 1.36. The monoisotopic (exact) mass is 356 g/mol. The molecule has 0 bridgehead atoms. The van der Waals surface area contributed by atoms with Crippen molar-refractivity contribution in [2.45, 2.75) is 0 Å².